The molecule has 0 saturated carbocycles. The van der Waals surface area contributed by atoms with Crippen molar-refractivity contribution in [3.63, 3.8) is 0 Å². The Hall–Kier alpha value is -1.98. The van der Waals surface area contributed by atoms with E-state index in [1.165, 1.54) is 14.0 Å². The molecular weight excluding hydrogens is 778 g/mol. The summed E-state index contributed by atoms with van der Waals surface area (Å²) in [6.45, 7) is 18.4. The highest BCUT2D eigenvalue weighted by Gasteiger charge is 2.53. The Balaban J connectivity index is 2.24. The fraction of sp³-hybridized carbons (Fsp3) is 0.909. The van der Waals surface area contributed by atoms with Crippen molar-refractivity contribution in [2.75, 3.05) is 47.9 Å². The van der Waals surface area contributed by atoms with Crippen molar-refractivity contribution in [2.24, 2.45) is 28.8 Å². The van der Waals surface area contributed by atoms with Gasteiger partial charge in [0.2, 0.25) is 0 Å². The van der Waals surface area contributed by atoms with Gasteiger partial charge in [0, 0.05) is 56.8 Å². The van der Waals surface area contributed by atoms with Crippen LogP contribution in [0.1, 0.15) is 101 Å². The van der Waals surface area contributed by atoms with Crippen molar-refractivity contribution in [1.82, 2.24) is 9.80 Å². The van der Waals surface area contributed by atoms with Gasteiger partial charge in [-0.25, -0.2) is 0 Å². The maximum atomic E-state index is 14.4. The van der Waals surface area contributed by atoms with Crippen LogP contribution >= 0.6 is 0 Å². The van der Waals surface area contributed by atoms with E-state index in [9.17, 15) is 30.3 Å². The Morgan fingerprint density at radius 1 is 0.933 bits per heavy atom. The fourth-order valence-corrected chi connectivity index (χ4v) is 9.27. The molecule has 0 aromatic carbocycles. The average molecular weight is 858 g/mol. The number of nitrogens with zero attached hydrogens (tertiary/aromatic N) is 3. The lowest BCUT2D eigenvalue weighted by Gasteiger charge is -2.49. The summed E-state index contributed by atoms with van der Waals surface area (Å²) >= 11 is 0. The standard InChI is InChI=1S/C44H79N3O13/c1-16-18-19-47(14)31-22-26(4)56-41(35(31)48)60-39-28(6)36(59-33-24-43(10,54-15)38(50)30(8)57-33)29(7)40(51)58-32(17-2)44(11,53)37(49)27(5)34(25(3)23-42(39,9)52)45-55-21-20-46(12)13/h1,25-33,35-39,41,48-50,52-53H,17-24H2,2-15H3/t25-,26-,27+,28+,29-,30+,31+,32-,33?,35-,36+,37-,38+,39-,41?,42-,43-,44-/m1/s1. The number of ether oxygens (including phenoxy) is 6. The van der Waals surface area contributed by atoms with Crippen molar-refractivity contribution in [2.45, 2.75) is 186 Å². The van der Waals surface area contributed by atoms with Crippen molar-refractivity contribution in [3.8, 4) is 12.3 Å². The number of aliphatic hydroxyl groups excluding tert-OH is 3. The summed E-state index contributed by atoms with van der Waals surface area (Å²) in [4.78, 5) is 24.1. The molecule has 348 valence electrons. The van der Waals surface area contributed by atoms with Gasteiger partial charge in [0.25, 0.3) is 0 Å². The van der Waals surface area contributed by atoms with Crippen LogP contribution in [0.15, 0.2) is 5.16 Å². The summed E-state index contributed by atoms with van der Waals surface area (Å²) in [6, 6.07) is -0.389. The van der Waals surface area contributed by atoms with Crippen LogP contribution in [-0.2, 0) is 38.1 Å². The van der Waals surface area contributed by atoms with E-state index in [0.29, 0.717) is 31.6 Å². The van der Waals surface area contributed by atoms with Crippen LogP contribution in [0.5, 0.6) is 0 Å². The Morgan fingerprint density at radius 2 is 1.58 bits per heavy atom. The monoisotopic (exact) mass is 858 g/mol. The van der Waals surface area contributed by atoms with Crippen molar-refractivity contribution < 1.29 is 63.6 Å². The lowest BCUT2D eigenvalue weighted by atomic mass is 9.73. The van der Waals surface area contributed by atoms with Gasteiger partial charge in [-0.1, -0.05) is 32.9 Å². The van der Waals surface area contributed by atoms with Gasteiger partial charge < -0.3 is 63.7 Å². The molecule has 5 N–H and O–H groups in total. The number of hydrogen-bond donors (Lipinski definition) is 5. The lowest BCUT2D eigenvalue weighted by Crippen LogP contribution is -2.61. The second-order valence-corrected chi connectivity index (χ2v) is 18.7. The molecule has 3 saturated heterocycles. The number of rotatable bonds is 13. The van der Waals surface area contributed by atoms with E-state index in [4.69, 9.17) is 39.7 Å². The predicted octanol–water partition coefficient (Wildman–Crippen LogP) is 2.54. The number of cyclic esters (lactones) is 1. The van der Waals surface area contributed by atoms with E-state index in [0.717, 1.165) is 0 Å². The van der Waals surface area contributed by atoms with Crippen LogP contribution in [0.3, 0.4) is 0 Å². The van der Waals surface area contributed by atoms with E-state index in [1.54, 1.807) is 48.5 Å². The molecule has 0 aromatic heterocycles. The fourth-order valence-electron chi connectivity index (χ4n) is 9.27. The number of esters is 1. The Kier molecular flexibility index (Phi) is 19.3. The Labute approximate surface area is 359 Å². The zero-order chi connectivity index (χ0) is 45.5. The SMILES string of the molecule is C#CCCN(C)[C@H]1C[C@@H](C)OC(O[C@@H]2[C@@H](C)[C@H](OC3C[C@@](C)(OC)[C@@H](O)[C@H](C)O3)[C@@H](C)C(=O)O[C@H](CC)[C@@](C)(O)[C@H](O)[C@@H](C)C(=NOCCN(C)C)[C@H](C)C[C@@]2(C)O)[C@@H]1O. The highest BCUT2D eigenvalue weighted by Crippen LogP contribution is 2.41. The number of terminal acetylenes is 1. The minimum absolute atomic E-state index is 0.00535. The number of carbonyl (C=O) groups excluding carboxylic acids is 1. The molecule has 3 fully saturated rings. The quantitative estimate of drug-likeness (QED) is 0.0783. The van der Waals surface area contributed by atoms with Crippen LogP contribution in [-0.4, -0.2) is 179 Å². The highest BCUT2D eigenvalue weighted by atomic mass is 16.7. The second-order valence-electron chi connectivity index (χ2n) is 18.7. The summed E-state index contributed by atoms with van der Waals surface area (Å²) in [6.07, 6.45) is -3.52. The van der Waals surface area contributed by atoms with Gasteiger partial charge in [0.1, 0.15) is 30.5 Å². The van der Waals surface area contributed by atoms with Gasteiger partial charge in [0.05, 0.1) is 53.4 Å². The number of aliphatic hydroxyl groups is 5. The molecule has 3 rings (SSSR count). The van der Waals surface area contributed by atoms with Crippen LogP contribution in [0, 0.1) is 36.0 Å². The molecule has 0 amide bonds. The van der Waals surface area contributed by atoms with Gasteiger partial charge in [0.15, 0.2) is 12.6 Å². The molecule has 3 aliphatic rings. The third-order valence-electron chi connectivity index (χ3n) is 13.2. The zero-order valence-electron chi connectivity index (χ0n) is 38.7. The van der Waals surface area contributed by atoms with Crippen molar-refractivity contribution in [3.05, 3.63) is 0 Å². The molecular formula is C44H79N3O13. The van der Waals surface area contributed by atoms with E-state index >= 15 is 0 Å². The normalized spacial score (nSPS) is 44.6. The van der Waals surface area contributed by atoms with E-state index in [1.807, 2.05) is 44.8 Å². The van der Waals surface area contributed by atoms with Crippen LogP contribution < -0.4 is 0 Å². The minimum atomic E-state index is -1.94. The summed E-state index contributed by atoms with van der Waals surface area (Å²) < 4.78 is 37.9. The predicted molar refractivity (Wildman–Crippen MR) is 226 cm³/mol. The molecule has 16 heteroatoms. The molecule has 0 aliphatic carbocycles. The molecule has 16 nitrogen and oxygen atoms in total. The molecule has 3 heterocycles. The number of likely N-dealkylation sites (N-methyl/N-ethyl adjacent to an activating group) is 2. The van der Waals surface area contributed by atoms with E-state index in [-0.39, 0.29) is 38.0 Å². The Bertz CT molecular complexity index is 1430. The first-order valence-corrected chi connectivity index (χ1v) is 21.7. The number of methoxy groups -OCH3 is 1. The number of carbonyl (C=O) groups is 1. The van der Waals surface area contributed by atoms with Crippen molar-refractivity contribution >= 4 is 11.7 Å². The summed E-state index contributed by atoms with van der Waals surface area (Å²) in [5, 5.41) is 64.2. The highest BCUT2D eigenvalue weighted by molar-refractivity contribution is 5.88. The molecule has 2 unspecified atom stereocenters. The van der Waals surface area contributed by atoms with Gasteiger partial charge in [-0.15, -0.1) is 12.3 Å². The Morgan fingerprint density at radius 3 is 2.17 bits per heavy atom. The smallest absolute Gasteiger partial charge is 0.311 e. The molecule has 0 bridgehead atoms. The van der Waals surface area contributed by atoms with Gasteiger partial charge in [-0.05, 0) is 81.9 Å². The van der Waals surface area contributed by atoms with E-state index in [2.05, 4.69) is 11.1 Å². The topological polar surface area (TPSA) is 202 Å². The maximum Gasteiger partial charge on any atom is 0.311 e. The zero-order valence-corrected chi connectivity index (χ0v) is 38.7. The second kappa shape index (κ2) is 22.1. The van der Waals surface area contributed by atoms with Gasteiger partial charge in [-0.3, -0.25) is 9.69 Å². The first-order valence-electron chi connectivity index (χ1n) is 21.7. The summed E-state index contributed by atoms with van der Waals surface area (Å²) in [5.41, 5.74) is -4.40. The first kappa shape index (κ1) is 52.4. The first-order chi connectivity index (χ1) is 27.9. The molecule has 0 aromatic rings. The van der Waals surface area contributed by atoms with Crippen LogP contribution in [0.2, 0.25) is 0 Å². The summed E-state index contributed by atoms with van der Waals surface area (Å²) in [5.74, 6) is -1.40. The number of hydrogen-bond acceptors (Lipinski definition) is 16. The van der Waals surface area contributed by atoms with Crippen molar-refractivity contribution in [1.29, 1.82) is 0 Å². The molecule has 3 aliphatic heterocycles. The van der Waals surface area contributed by atoms with Gasteiger partial charge >= 0.3 is 5.97 Å². The molecule has 60 heavy (non-hydrogen) atoms. The maximum absolute atomic E-state index is 14.4. The third-order valence-corrected chi connectivity index (χ3v) is 13.2. The largest absolute Gasteiger partial charge is 0.459 e. The van der Waals surface area contributed by atoms with E-state index < -0.39 is 102 Å². The van der Waals surface area contributed by atoms with Crippen LogP contribution in [0.25, 0.3) is 0 Å². The number of oxime groups is 1. The third kappa shape index (κ3) is 12.6. The molecule has 0 spiro atoms. The molecule has 18 atom stereocenters. The summed E-state index contributed by atoms with van der Waals surface area (Å²) in [7, 11) is 7.18. The van der Waals surface area contributed by atoms with Crippen LogP contribution in [0.4, 0.5) is 0 Å². The minimum Gasteiger partial charge on any atom is -0.459 e. The lowest BCUT2D eigenvalue weighted by molar-refractivity contribution is -0.318. The van der Waals surface area contributed by atoms with Gasteiger partial charge in [-0.2, -0.15) is 0 Å². The molecule has 0 radical (unpaired) electrons. The average Bonchev–Trinajstić information content (AvgIpc) is 3.17.